The summed E-state index contributed by atoms with van der Waals surface area (Å²) in [6.07, 6.45) is 3.44. The van der Waals surface area contributed by atoms with Crippen LogP contribution >= 0.6 is 0 Å². The number of aryl methyl sites for hydroxylation is 2. The van der Waals surface area contributed by atoms with E-state index in [2.05, 4.69) is 34.9 Å². The largest absolute Gasteiger partial charge is 0.480 e. The number of hydrogen-bond donors (Lipinski definition) is 1. The van der Waals surface area contributed by atoms with Gasteiger partial charge in [0, 0.05) is 32.2 Å². The van der Waals surface area contributed by atoms with Crippen molar-refractivity contribution >= 4 is 5.97 Å². The second-order valence-corrected chi connectivity index (χ2v) is 6.32. The highest BCUT2D eigenvalue weighted by molar-refractivity contribution is 5.69. The molecule has 4 nitrogen and oxygen atoms in total. The van der Waals surface area contributed by atoms with Gasteiger partial charge in [-0.2, -0.15) is 0 Å². The number of carboxylic acids is 1. The molecule has 1 unspecified atom stereocenters. The van der Waals surface area contributed by atoms with E-state index in [0.29, 0.717) is 6.04 Å². The molecule has 1 aliphatic heterocycles. The first kappa shape index (κ1) is 14.5. The van der Waals surface area contributed by atoms with Crippen molar-refractivity contribution in [3.63, 3.8) is 0 Å². The Morgan fingerprint density at radius 1 is 1.29 bits per heavy atom. The standard InChI is InChI=1S/C17H24N2O2/c1-13-3-4-14-5-6-16(15(14)11-13)19-8-2-7-18(9-10-19)12-17(20)21/h3-4,11,16H,2,5-10,12H2,1H3,(H,20,21). The maximum Gasteiger partial charge on any atom is 0.317 e. The predicted octanol–water partition coefficient (Wildman–Crippen LogP) is 2.07. The number of rotatable bonds is 3. The fourth-order valence-electron chi connectivity index (χ4n) is 3.73. The number of fused-ring (bicyclic) bond motifs is 1. The Bertz CT molecular complexity index is 530. The summed E-state index contributed by atoms with van der Waals surface area (Å²) >= 11 is 0. The van der Waals surface area contributed by atoms with Crippen LogP contribution < -0.4 is 0 Å². The summed E-state index contributed by atoms with van der Waals surface area (Å²) in [5.41, 5.74) is 4.34. The van der Waals surface area contributed by atoms with Crippen LogP contribution in [0.15, 0.2) is 18.2 Å². The van der Waals surface area contributed by atoms with Gasteiger partial charge in [-0.25, -0.2) is 0 Å². The molecule has 0 radical (unpaired) electrons. The highest BCUT2D eigenvalue weighted by Gasteiger charge is 2.29. The summed E-state index contributed by atoms with van der Waals surface area (Å²) in [5, 5.41) is 8.94. The molecule has 1 aliphatic carbocycles. The molecule has 1 fully saturated rings. The van der Waals surface area contributed by atoms with Crippen molar-refractivity contribution in [3.05, 3.63) is 34.9 Å². The number of hydrogen-bond acceptors (Lipinski definition) is 3. The molecule has 4 heteroatoms. The van der Waals surface area contributed by atoms with Crippen LogP contribution in [0.2, 0.25) is 0 Å². The van der Waals surface area contributed by atoms with Gasteiger partial charge in [-0.15, -0.1) is 0 Å². The average molecular weight is 288 g/mol. The van der Waals surface area contributed by atoms with Crippen molar-refractivity contribution in [2.75, 3.05) is 32.7 Å². The first-order chi connectivity index (χ1) is 10.1. The van der Waals surface area contributed by atoms with Gasteiger partial charge >= 0.3 is 5.97 Å². The molecule has 1 aromatic carbocycles. The summed E-state index contributed by atoms with van der Waals surface area (Å²) in [6.45, 7) is 6.15. The van der Waals surface area contributed by atoms with E-state index >= 15 is 0 Å². The normalized spacial score (nSPS) is 23.8. The van der Waals surface area contributed by atoms with Gasteiger partial charge < -0.3 is 5.11 Å². The van der Waals surface area contributed by atoms with Crippen molar-refractivity contribution in [2.45, 2.75) is 32.2 Å². The van der Waals surface area contributed by atoms with Crippen molar-refractivity contribution in [3.8, 4) is 0 Å². The molecule has 1 saturated heterocycles. The Hall–Kier alpha value is -1.39. The number of carboxylic acid groups (broad SMARTS) is 1. The fraction of sp³-hybridized carbons (Fsp3) is 0.588. The zero-order valence-corrected chi connectivity index (χ0v) is 12.7. The number of carbonyl (C=O) groups is 1. The van der Waals surface area contributed by atoms with Gasteiger partial charge in [0.25, 0.3) is 0 Å². The molecule has 1 heterocycles. The molecule has 21 heavy (non-hydrogen) atoms. The fourth-order valence-corrected chi connectivity index (χ4v) is 3.73. The Morgan fingerprint density at radius 3 is 2.95 bits per heavy atom. The first-order valence-electron chi connectivity index (χ1n) is 7.91. The molecular weight excluding hydrogens is 264 g/mol. The van der Waals surface area contributed by atoms with Crippen LogP contribution in [0.5, 0.6) is 0 Å². The minimum Gasteiger partial charge on any atom is -0.480 e. The molecule has 0 aromatic heterocycles. The zero-order chi connectivity index (χ0) is 14.8. The van der Waals surface area contributed by atoms with Crippen LogP contribution in [0.25, 0.3) is 0 Å². The van der Waals surface area contributed by atoms with E-state index in [9.17, 15) is 4.79 Å². The van der Waals surface area contributed by atoms with Crippen molar-refractivity contribution in [2.24, 2.45) is 0 Å². The van der Waals surface area contributed by atoms with Gasteiger partial charge in [-0.1, -0.05) is 23.8 Å². The van der Waals surface area contributed by atoms with E-state index in [-0.39, 0.29) is 6.54 Å². The molecule has 0 bridgehead atoms. The Morgan fingerprint density at radius 2 is 2.14 bits per heavy atom. The van der Waals surface area contributed by atoms with Crippen LogP contribution in [-0.4, -0.2) is 53.6 Å². The van der Waals surface area contributed by atoms with Gasteiger partial charge in [0.15, 0.2) is 0 Å². The number of nitrogens with zero attached hydrogens (tertiary/aromatic N) is 2. The molecule has 1 aromatic rings. The minimum atomic E-state index is -0.717. The topological polar surface area (TPSA) is 43.8 Å². The van der Waals surface area contributed by atoms with Crippen LogP contribution in [0, 0.1) is 6.92 Å². The molecule has 114 valence electrons. The molecule has 0 spiro atoms. The van der Waals surface area contributed by atoms with E-state index in [0.717, 1.165) is 32.6 Å². The molecular formula is C17H24N2O2. The maximum atomic E-state index is 10.9. The van der Waals surface area contributed by atoms with E-state index in [1.165, 1.54) is 29.5 Å². The van der Waals surface area contributed by atoms with Crippen LogP contribution in [0.1, 0.15) is 35.6 Å². The van der Waals surface area contributed by atoms with Crippen molar-refractivity contribution < 1.29 is 9.90 Å². The second kappa shape index (κ2) is 6.16. The predicted molar refractivity (Wildman–Crippen MR) is 82.5 cm³/mol. The molecule has 1 N–H and O–H groups in total. The van der Waals surface area contributed by atoms with Crippen molar-refractivity contribution in [1.29, 1.82) is 0 Å². The van der Waals surface area contributed by atoms with E-state index in [4.69, 9.17) is 5.11 Å². The Kier molecular flexibility index (Phi) is 4.27. The van der Waals surface area contributed by atoms with E-state index in [1.54, 1.807) is 0 Å². The minimum absolute atomic E-state index is 0.175. The van der Waals surface area contributed by atoms with Crippen LogP contribution in [-0.2, 0) is 11.2 Å². The third-order valence-corrected chi connectivity index (χ3v) is 4.77. The molecule has 0 amide bonds. The highest BCUT2D eigenvalue weighted by atomic mass is 16.4. The first-order valence-corrected chi connectivity index (χ1v) is 7.91. The highest BCUT2D eigenvalue weighted by Crippen LogP contribution is 2.36. The molecule has 1 atom stereocenters. The lowest BCUT2D eigenvalue weighted by molar-refractivity contribution is -0.138. The van der Waals surface area contributed by atoms with Crippen LogP contribution in [0.3, 0.4) is 0 Å². The van der Waals surface area contributed by atoms with Gasteiger partial charge in [0.2, 0.25) is 0 Å². The lowest BCUT2D eigenvalue weighted by Crippen LogP contribution is -2.35. The third kappa shape index (κ3) is 3.27. The van der Waals surface area contributed by atoms with Gasteiger partial charge in [0.05, 0.1) is 6.54 Å². The lowest BCUT2D eigenvalue weighted by atomic mass is 10.0. The third-order valence-electron chi connectivity index (χ3n) is 4.77. The summed E-state index contributed by atoms with van der Waals surface area (Å²) < 4.78 is 0. The summed E-state index contributed by atoms with van der Waals surface area (Å²) in [7, 11) is 0. The van der Waals surface area contributed by atoms with Gasteiger partial charge in [-0.3, -0.25) is 14.6 Å². The Labute approximate surface area is 126 Å². The molecule has 2 aliphatic rings. The second-order valence-electron chi connectivity index (χ2n) is 6.32. The SMILES string of the molecule is Cc1ccc2c(c1)C(N1CCCN(CC(=O)O)CC1)CC2. The quantitative estimate of drug-likeness (QED) is 0.925. The van der Waals surface area contributed by atoms with Gasteiger partial charge in [0.1, 0.15) is 0 Å². The summed E-state index contributed by atoms with van der Waals surface area (Å²) in [5.74, 6) is -0.717. The lowest BCUT2D eigenvalue weighted by Gasteiger charge is -2.28. The number of benzene rings is 1. The smallest absolute Gasteiger partial charge is 0.317 e. The van der Waals surface area contributed by atoms with E-state index in [1.807, 2.05) is 0 Å². The summed E-state index contributed by atoms with van der Waals surface area (Å²) in [4.78, 5) is 15.5. The molecule has 3 rings (SSSR count). The maximum absolute atomic E-state index is 10.9. The van der Waals surface area contributed by atoms with Crippen molar-refractivity contribution in [1.82, 2.24) is 9.80 Å². The van der Waals surface area contributed by atoms with E-state index < -0.39 is 5.97 Å². The average Bonchev–Trinajstić information content (AvgIpc) is 2.71. The summed E-state index contributed by atoms with van der Waals surface area (Å²) in [6, 6.07) is 7.36. The van der Waals surface area contributed by atoms with Crippen LogP contribution in [0.4, 0.5) is 0 Å². The zero-order valence-electron chi connectivity index (χ0n) is 12.7. The monoisotopic (exact) mass is 288 g/mol. The Balaban J connectivity index is 1.69. The molecule has 0 saturated carbocycles. The number of aliphatic carboxylic acids is 1. The van der Waals surface area contributed by atoms with Gasteiger partial charge in [-0.05, 0) is 37.3 Å².